The molecule has 0 aliphatic carbocycles. The zero-order chi connectivity index (χ0) is 24.8. The second-order valence-corrected chi connectivity index (χ2v) is 11.2. The van der Waals surface area contributed by atoms with Crippen molar-refractivity contribution in [1.82, 2.24) is 9.88 Å². The third kappa shape index (κ3) is 6.80. The van der Waals surface area contributed by atoms with Crippen LogP contribution >= 0.6 is 23.1 Å². The van der Waals surface area contributed by atoms with Gasteiger partial charge in [0, 0.05) is 48.8 Å². The number of carbonyl (C=O) groups excluding carboxylic acids is 1. The zero-order valence-electron chi connectivity index (χ0n) is 19.6. The molecule has 35 heavy (non-hydrogen) atoms. The number of ketones is 1. The summed E-state index contributed by atoms with van der Waals surface area (Å²) in [6.07, 6.45) is 3.66. The van der Waals surface area contributed by atoms with Crippen LogP contribution in [0.3, 0.4) is 0 Å². The topological polar surface area (TPSA) is 79.7 Å². The maximum Gasteiger partial charge on any atom is 0.303 e. The molecular weight excluding hydrogens is 487 g/mol. The van der Waals surface area contributed by atoms with Crippen LogP contribution in [0, 0.1) is 17.0 Å². The Labute approximate surface area is 212 Å². The predicted molar refractivity (Wildman–Crippen MR) is 137 cm³/mol. The number of fused-ring (bicyclic) bond motifs is 1. The molecule has 3 aromatic rings. The average Bonchev–Trinajstić information content (AvgIpc) is 3.27. The van der Waals surface area contributed by atoms with Gasteiger partial charge in [0.05, 0.1) is 16.8 Å². The van der Waals surface area contributed by atoms with E-state index < -0.39 is 5.97 Å². The lowest BCUT2D eigenvalue weighted by molar-refractivity contribution is -0.139. The summed E-state index contributed by atoms with van der Waals surface area (Å²) < 4.78 is 19.4. The second-order valence-electron chi connectivity index (χ2n) is 8.82. The van der Waals surface area contributed by atoms with Gasteiger partial charge in [-0.05, 0) is 67.6 Å². The van der Waals surface area contributed by atoms with Crippen molar-refractivity contribution in [3.8, 4) is 5.75 Å². The smallest absolute Gasteiger partial charge is 0.303 e. The molecule has 0 amide bonds. The molecule has 1 fully saturated rings. The predicted octanol–water partition coefficient (Wildman–Crippen LogP) is 5.61. The molecule has 1 aliphatic rings. The summed E-state index contributed by atoms with van der Waals surface area (Å²) in [4.78, 5) is 31.3. The third-order valence-corrected chi connectivity index (χ3v) is 8.68. The molecule has 186 valence electrons. The minimum Gasteiger partial charge on any atom is -0.497 e. The molecule has 2 atom stereocenters. The Balaban J connectivity index is 1.35. The van der Waals surface area contributed by atoms with Crippen molar-refractivity contribution in [3.63, 3.8) is 0 Å². The lowest BCUT2D eigenvalue weighted by atomic mass is 9.79. The Morgan fingerprint density at radius 2 is 2.11 bits per heavy atom. The Bertz CT molecular complexity index is 1190. The Kier molecular flexibility index (Phi) is 8.75. The van der Waals surface area contributed by atoms with Gasteiger partial charge in [0.1, 0.15) is 5.75 Å². The van der Waals surface area contributed by atoms with E-state index in [0.717, 1.165) is 51.7 Å². The van der Waals surface area contributed by atoms with Gasteiger partial charge in [-0.2, -0.15) is 4.39 Å². The molecule has 0 spiro atoms. The summed E-state index contributed by atoms with van der Waals surface area (Å²) >= 11 is 2.78. The van der Waals surface area contributed by atoms with Gasteiger partial charge in [0.15, 0.2) is 10.9 Å². The van der Waals surface area contributed by atoms with Crippen molar-refractivity contribution in [2.75, 3.05) is 32.5 Å². The number of carboxylic acids is 1. The molecule has 1 N–H and O–H groups in total. The fraction of sp³-hybridized carbons (Fsp3) is 0.423. The fourth-order valence-electron chi connectivity index (χ4n) is 4.79. The Morgan fingerprint density at radius 1 is 1.26 bits per heavy atom. The molecule has 0 bridgehead atoms. The van der Waals surface area contributed by atoms with E-state index in [1.165, 1.54) is 6.07 Å². The number of nitrogens with zero attached hydrogens (tertiary/aromatic N) is 2. The molecule has 6 nitrogen and oxygen atoms in total. The van der Waals surface area contributed by atoms with E-state index in [0.29, 0.717) is 30.7 Å². The van der Waals surface area contributed by atoms with Crippen molar-refractivity contribution < 1.29 is 23.8 Å². The van der Waals surface area contributed by atoms with E-state index in [-0.39, 0.29) is 29.2 Å². The molecule has 2 aromatic heterocycles. The van der Waals surface area contributed by atoms with Gasteiger partial charge in [-0.1, -0.05) is 11.3 Å². The van der Waals surface area contributed by atoms with Gasteiger partial charge in [-0.3, -0.25) is 14.6 Å². The van der Waals surface area contributed by atoms with Crippen LogP contribution in [0.1, 0.15) is 36.0 Å². The van der Waals surface area contributed by atoms with E-state index >= 15 is 0 Å². The van der Waals surface area contributed by atoms with Crippen LogP contribution in [-0.2, 0) is 4.79 Å². The first-order chi connectivity index (χ1) is 16.9. The number of piperidine rings is 1. The number of benzene rings is 1. The van der Waals surface area contributed by atoms with Crippen molar-refractivity contribution >= 4 is 45.8 Å². The van der Waals surface area contributed by atoms with E-state index in [1.54, 1.807) is 37.2 Å². The monoisotopic (exact) mass is 516 g/mol. The third-order valence-electron chi connectivity index (χ3n) is 6.60. The molecule has 1 aromatic carbocycles. The maximum absolute atomic E-state index is 13.2. The molecule has 1 saturated heterocycles. The number of carboxylic acid groups (broad SMARTS) is 1. The molecule has 1 aliphatic heterocycles. The SMILES string of the molecule is COc1ccc2nccc(C(=O)CC[C@@H]3CCN(CCSc4ccc(F)s4)C[C@H]3CC(=O)O)c2c1. The number of hydrogen-bond acceptors (Lipinski definition) is 7. The standard InChI is InChI=1S/C26H29FN2O4S2/c1-33-19-3-4-22-21(15-19)20(8-10-28-22)23(30)5-2-17-9-11-29(16-18(17)14-25(31)32)12-13-34-26-7-6-24(27)35-26/h3-4,6-8,10,15,17-18H,2,5,9,11-14,16H2,1H3,(H,31,32)/t17-,18-/m1/s1. The van der Waals surface area contributed by atoms with Crippen LogP contribution in [0.4, 0.5) is 4.39 Å². The molecule has 0 unspecified atom stereocenters. The zero-order valence-corrected chi connectivity index (χ0v) is 21.2. The number of likely N-dealkylation sites (tertiary alicyclic amines) is 1. The summed E-state index contributed by atoms with van der Waals surface area (Å²) in [5, 5.41) is 10.1. The molecular formula is C26H29FN2O4S2. The highest BCUT2D eigenvalue weighted by Crippen LogP contribution is 2.32. The number of aliphatic carboxylic acids is 1. The minimum atomic E-state index is -0.802. The first-order valence-corrected chi connectivity index (χ1v) is 13.5. The fourth-order valence-corrected chi connectivity index (χ4v) is 6.70. The van der Waals surface area contributed by atoms with Gasteiger partial charge in [-0.15, -0.1) is 11.8 Å². The summed E-state index contributed by atoms with van der Waals surface area (Å²) in [6.45, 7) is 2.42. The van der Waals surface area contributed by atoms with Crippen molar-refractivity contribution in [3.05, 3.63) is 53.3 Å². The van der Waals surface area contributed by atoms with Crippen LogP contribution in [0.15, 0.2) is 46.8 Å². The highest BCUT2D eigenvalue weighted by atomic mass is 32.2. The highest BCUT2D eigenvalue weighted by Gasteiger charge is 2.31. The molecule has 0 radical (unpaired) electrons. The lowest BCUT2D eigenvalue weighted by Crippen LogP contribution is -2.42. The molecule has 9 heteroatoms. The molecule has 0 saturated carbocycles. The first-order valence-electron chi connectivity index (χ1n) is 11.7. The number of ether oxygens (including phenoxy) is 1. The number of rotatable bonds is 11. The van der Waals surface area contributed by atoms with Gasteiger partial charge in [0.25, 0.3) is 0 Å². The normalized spacial score (nSPS) is 18.6. The maximum atomic E-state index is 13.2. The average molecular weight is 517 g/mol. The van der Waals surface area contributed by atoms with Gasteiger partial charge < -0.3 is 14.7 Å². The summed E-state index contributed by atoms with van der Waals surface area (Å²) in [6, 6.07) is 10.5. The number of methoxy groups -OCH3 is 1. The number of pyridine rings is 1. The number of carbonyl (C=O) groups is 2. The molecule has 3 heterocycles. The van der Waals surface area contributed by atoms with Crippen LogP contribution in [0.25, 0.3) is 10.9 Å². The second kappa shape index (κ2) is 12.0. The van der Waals surface area contributed by atoms with Crippen LogP contribution in [-0.4, -0.2) is 59.2 Å². The summed E-state index contributed by atoms with van der Waals surface area (Å²) in [5.74, 6) is 0.948. The van der Waals surface area contributed by atoms with E-state index in [2.05, 4.69) is 9.88 Å². The van der Waals surface area contributed by atoms with Gasteiger partial charge in [0.2, 0.25) is 0 Å². The van der Waals surface area contributed by atoms with Crippen molar-refractivity contribution in [2.24, 2.45) is 11.8 Å². The van der Waals surface area contributed by atoms with E-state index in [1.807, 2.05) is 18.2 Å². The Morgan fingerprint density at radius 3 is 2.86 bits per heavy atom. The van der Waals surface area contributed by atoms with Crippen LogP contribution in [0.2, 0.25) is 0 Å². The van der Waals surface area contributed by atoms with Crippen LogP contribution < -0.4 is 4.74 Å². The van der Waals surface area contributed by atoms with Gasteiger partial charge >= 0.3 is 5.97 Å². The number of Topliss-reactive ketones (excluding diaryl/α,β-unsaturated/α-hetero) is 1. The van der Waals surface area contributed by atoms with Crippen LogP contribution in [0.5, 0.6) is 5.75 Å². The quantitative estimate of drug-likeness (QED) is 0.262. The van der Waals surface area contributed by atoms with E-state index in [4.69, 9.17) is 4.74 Å². The van der Waals surface area contributed by atoms with Gasteiger partial charge in [-0.25, -0.2) is 0 Å². The number of thioether (sulfide) groups is 1. The Hall–Kier alpha value is -2.49. The summed E-state index contributed by atoms with van der Waals surface area (Å²) in [5.41, 5.74) is 1.38. The van der Waals surface area contributed by atoms with Crippen molar-refractivity contribution in [1.29, 1.82) is 0 Å². The first kappa shape index (κ1) is 25.6. The number of thiophene rings is 1. The minimum absolute atomic E-state index is 0.00695. The number of aromatic nitrogens is 1. The number of hydrogen-bond donors (Lipinski definition) is 1. The highest BCUT2D eigenvalue weighted by molar-refractivity contribution is 8.01. The van der Waals surface area contributed by atoms with E-state index in [9.17, 15) is 19.1 Å². The lowest BCUT2D eigenvalue weighted by Gasteiger charge is -2.38. The number of halogens is 1. The largest absolute Gasteiger partial charge is 0.497 e. The van der Waals surface area contributed by atoms with Crippen molar-refractivity contribution in [2.45, 2.75) is 29.9 Å². The summed E-state index contributed by atoms with van der Waals surface area (Å²) in [7, 11) is 1.59. The molecule has 4 rings (SSSR count).